The second-order valence-electron chi connectivity index (χ2n) is 11.1. The first kappa shape index (κ1) is 37.7. The highest BCUT2D eigenvalue weighted by Gasteiger charge is 2.50. The smallest absolute Gasteiger partial charge is 0.409 e. The molecule has 0 fully saturated rings. The van der Waals surface area contributed by atoms with E-state index in [0.29, 0.717) is 11.1 Å². The van der Waals surface area contributed by atoms with Gasteiger partial charge in [-0.25, -0.2) is 13.2 Å². The highest BCUT2D eigenvalue weighted by atomic mass is 35.5. The molecule has 0 radical (unpaired) electrons. The number of hydrogen-bond donors (Lipinski definition) is 3. The normalized spacial score (nSPS) is 17.2. The van der Waals surface area contributed by atoms with E-state index >= 15 is 0 Å². The van der Waals surface area contributed by atoms with Crippen molar-refractivity contribution < 1.29 is 41.0 Å². The molecule has 0 aliphatic carbocycles. The van der Waals surface area contributed by atoms with Gasteiger partial charge in [0.1, 0.15) is 16.3 Å². The van der Waals surface area contributed by atoms with E-state index in [1.54, 1.807) is 74.5 Å². The van der Waals surface area contributed by atoms with Crippen molar-refractivity contribution in [3.05, 3.63) is 99.2 Å². The van der Waals surface area contributed by atoms with E-state index in [1.807, 2.05) is 0 Å². The molecule has 3 N–H and O–H groups in total. The molecule has 0 bridgehead atoms. The lowest BCUT2D eigenvalue weighted by Gasteiger charge is -2.34. The number of allylic oxidation sites excluding steroid dienone is 1. The van der Waals surface area contributed by atoms with E-state index in [9.17, 15) is 36.3 Å². The second kappa shape index (κ2) is 16.1. The van der Waals surface area contributed by atoms with Gasteiger partial charge in [0.15, 0.2) is 0 Å². The van der Waals surface area contributed by atoms with Crippen LogP contribution in [0, 0.1) is 0 Å². The SMILES string of the molecule is COC(=O)NC(C(=O)NC(C1CC=C(C(CO)N(C(C)C)S(=O)(=O)c2ccc(Cl)s2)S1)C(F)(F)F)C(c1ccccc1)c1ccccc1. The molecule has 1 aromatic heterocycles. The van der Waals surface area contributed by atoms with Crippen LogP contribution in [0.25, 0.3) is 0 Å². The van der Waals surface area contributed by atoms with Crippen molar-refractivity contribution in [2.45, 2.75) is 66.0 Å². The van der Waals surface area contributed by atoms with Gasteiger partial charge < -0.3 is 20.5 Å². The Balaban J connectivity index is 1.64. The Morgan fingerprint density at radius 2 is 1.60 bits per heavy atom. The topological polar surface area (TPSA) is 125 Å². The van der Waals surface area contributed by atoms with Crippen LogP contribution in [-0.2, 0) is 19.6 Å². The van der Waals surface area contributed by atoms with E-state index in [-0.39, 0.29) is 19.9 Å². The fourth-order valence-corrected chi connectivity index (χ4v) is 10.5. The van der Waals surface area contributed by atoms with Crippen molar-refractivity contribution in [3.8, 4) is 0 Å². The van der Waals surface area contributed by atoms with Gasteiger partial charge in [-0.1, -0.05) is 78.3 Å². The molecule has 4 atom stereocenters. The summed E-state index contributed by atoms with van der Waals surface area (Å²) in [6.07, 6.45) is -4.68. The van der Waals surface area contributed by atoms with Crippen LogP contribution in [0.2, 0.25) is 4.34 Å². The van der Waals surface area contributed by atoms with Crippen LogP contribution in [0.3, 0.4) is 0 Å². The molecule has 2 amide bonds. The Morgan fingerprint density at radius 3 is 2.06 bits per heavy atom. The number of carbonyl (C=O) groups excluding carboxylic acids is 2. The molecule has 2 aromatic carbocycles. The van der Waals surface area contributed by atoms with Crippen molar-refractivity contribution in [3.63, 3.8) is 0 Å². The van der Waals surface area contributed by atoms with Crippen molar-refractivity contribution in [2.75, 3.05) is 13.7 Å². The van der Waals surface area contributed by atoms with Crippen LogP contribution >= 0.6 is 34.7 Å². The van der Waals surface area contributed by atoms with Gasteiger partial charge in [-0.15, -0.1) is 23.1 Å². The molecule has 9 nitrogen and oxygen atoms in total. The number of ether oxygens (including phenoxy) is 1. The molecule has 4 unspecified atom stereocenters. The number of rotatable bonds is 13. The maximum Gasteiger partial charge on any atom is 0.409 e. The molecule has 3 aromatic rings. The van der Waals surface area contributed by atoms with Gasteiger partial charge in [0.25, 0.3) is 10.0 Å². The number of nitrogens with one attached hydrogen (secondary N) is 2. The van der Waals surface area contributed by atoms with Crippen LogP contribution in [0.5, 0.6) is 0 Å². The summed E-state index contributed by atoms with van der Waals surface area (Å²) >= 11 is 7.54. The molecule has 16 heteroatoms. The Bertz CT molecular complexity index is 1650. The second-order valence-corrected chi connectivity index (χ2v) is 16.2. The lowest BCUT2D eigenvalue weighted by atomic mass is 9.84. The number of amides is 2. The van der Waals surface area contributed by atoms with Gasteiger partial charge in [0.05, 0.1) is 24.1 Å². The minimum Gasteiger partial charge on any atom is -0.453 e. The summed E-state index contributed by atoms with van der Waals surface area (Å²) in [5, 5.41) is 13.6. The summed E-state index contributed by atoms with van der Waals surface area (Å²) in [5.74, 6) is -1.99. The van der Waals surface area contributed by atoms with Crippen LogP contribution in [-0.4, -0.2) is 79.1 Å². The predicted molar refractivity (Wildman–Crippen MR) is 180 cm³/mol. The third-order valence-electron chi connectivity index (χ3n) is 7.65. The number of thiophene rings is 1. The first-order chi connectivity index (χ1) is 22.7. The zero-order chi connectivity index (χ0) is 35.2. The standard InChI is InChI=1S/C32H35ClF3N3O6S3/c1-19(2)39(48(43,44)26-17-16-25(33)47-26)22(18-40)23-14-15-24(46-23)29(32(34,35)36)38-30(41)28(37-31(42)45-3)27(20-10-6-4-7-11-20)21-12-8-5-9-13-21/h4-14,16-17,19,22,24,27-29,40H,15,18H2,1-3H3,(H,37,42)(H,38,41). The molecule has 1 aliphatic heterocycles. The Kier molecular flexibility index (Phi) is 12.6. The highest BCUT2D eigenvalue weighted by Crippen LogP contribution is 2.43. The molecule has 4 rings (SSSR count). The Hall–Kier alpha value is -3.08. The van der Waals surface area contributed by atoms with Crippen LogP contribution < -0.4 is 10.6 Å². The summed E-state index contributed by atoms with van der Waals surface area (Å²) in [6, 6.07) is 14.1. The van der Waals surface area contributed by atoms with Gasteiger partial charge in [-0.2, -0.15) is 17.5 Å². The Morgan fingerprint density at radius 1 is 1.02 bits per heavy atom. The molecule has 0 saturated heterocycles. The summed E-state index contributed by atoms with van der Waals surface area (Å²) in [6.45, 7) is 2.48. The number of carbonyl (C=O) groups is 2. The zero-order valence-corrected chi connectivity index (χ0v) is 29.3. The largest absolute Gasteiger partial charge is 0.453 e. The Labute approximate surface area is 290 Å². The van der Waals surface area contributed by atoms with Crippen LogP contribution in [0.4, 0.5) is 18.0 Å². The van der Waals surface area contributed by atoms with Crippen molar-refractivity contribution in [2.24, 2.45) is 0 Å². The molecule has 260 valence electrons. The van der Waals surface area contributed by atoms with E-state index in [1.165, 1.54) is 18.2 Å². The first-order valence-corrected chi connectivity index (χ1v) is 18.3. The number of aliphatic hydroxyl groups is 1. The third kappa shape index (κ3) is 8.74. The van der Waals surface area contributed by atoms with Gasteiger partial charge >= 0.3 is 12.3 Å². The lowest BCUT2D eigenvalue weighted by Crippen LogP contribution is -2.58. The quantitative estimate of drug-likeness (QED) is 0.192. The number of hydrogen-bond acceptors (Lipinski definition) is 8. The minimum atomic E-state index is -4.94. The van der Waals surface area contributed by atoms with Gasteiger partial charge in [0.2, 0.25) is 5.91 Å². The van der Waals surface area contributed by atoms with Crippen molar-refractivity contribution in [1.82, 2.24) is 14.9 Å². The number of sulfonamides is 1. The number of methoxy groups -OCH3 is 1. The van der Waals surface area contributed by atoms with Crippen LogP contribution in [0.15, 0.2) is 88.0 Å². The van der Waals surface area contributed by atoms with E-state index in [4.69, 9.17) is 16.3 Å². The average molecular weight is 746 g/mol. The van der Waals surface area contributed by atoms with Gasteiger partial charge in [-0.3, -0.25) is 4.79 Å². The lowest BCUT2D eigenvalue weighted by molar-refractivity contribution is -0.162. The van der Waals surface area contributed by atoms with E-state index < -0.39 is 70.1 Å². The molecule has 48 heavy (non-hydrogen) atoms. The molecular weight excluding hydrogens is 711 g/mol. The van der Waals surface area contributed by atoms with Crippen molar-refractivity contribution >= 4 is 56.7 Å². The third-order valence-corrected chi connectivity index (χ3v) is 12.9. The monoisotopic (exact) mass is 745 g/mol. The number of benzene rings is 2. The number of alkyl carbamates (subject to hydrolysis) is 1. The number of alkyl halides is 3. The maximum atomic E-state index is 14.8. The predicted octanol–water partition coefficient (Wildman–Crippen LogP) is 6.15. The fourth-order valence-electron chi connectivity index (χ4n) is 5.58. The number of aliphatic hydroxyl groups excluding tert-OH is 1. The fraction of sp³-hybridized carbons (Fsp3) is 0.375. The molecule has 0 spiro atoms. The summed E-state index contributed by atoms with van der Waals surface area (Å²) in [5.41, 5.74) is 1.13. The van der Waals surface area contributed by atoms with Gasteiger partial charge in [-0.05, 0) is 43.5 Å². The van der Waals surface area contributed by atoms with Crippen molar-refractivity contribution in [1.29, 1.82) is 0 Å². The summed E-state index contributed by atoms with van der Waals surface area (Å²) in [4.78, 5) is 26.6. The molecule has 1 aliphatic rings. The number of halogens is 4. The number of thioether (sulfide) groups is 1. The minimum absolute atomic E-state index is 0.0734. The van der Waals surface area contributed by atoms with Gasteiger partial charge in [0, 0.05) is 22.1 Å². The summed E-state index contributed by atoms with van der Waals surface area (Å²) < 4.78 is 77.4. The van der Waals surface area contributed by atoms with Crippen LogP contribution in [0.1, 0.15) is 37.3 Å². The van der Waals surface area contributed by atoms with E-state index in [2.05, 4.69) is 10.6 Å². The highest BCUT2D eigenvalue weighted by molar-refractivity contribution is 8.04. The molecule has 0 saturated carbocycles. The zero-order valence-electron chi connectivity index (χ0n) is 26.1. The first-order valence-electron chi connectivity index (χ1n) is 14.8. The summed E-state index contributed by atoms with van der Waals surface area (Å²) in [7, 11) is -3.11. The number of nitrogens with zero attached hydrogens (tertiary/aromatic N) is 1. The molecular formula is C32H35ClF3N3O6S3. The average Bonchev–Trinajstić information content (AvgIpc) is 3.72. The van der Waals surface area contributed by atoms with E-state index in [0.717, 1.165) is 34.5 Å². The maximum absolute atomic E-state index is 14.8. The molecule has 2 heterocycles.